The molecule has 1 aromatic carbocycles. The Bertz CT molecular complexity index is 542. The Kier molecular flexibility index (Phi) is 4.51. The van der Waals surface area contributed by atoms with Crippen LogP contribution in [0, 0.1) is 5.82 Å². The molecule has 19 heavy (non-hydrogen) atoms. The van der Waals surface area contributed by atoms with Gasteiger partial charge in [-0.3, -0.25) is 4.98 Å². The van der Waals surface area contributed by atoms with Gasteiger partial charge in [0.25, 0.3) is 0 Å². The van der Waals surface area contributed by atoms with E-state index in [4.69, 9.17) is 11.6 Å². The number of hydrogen-bond donors (Lipinski definition) is 1. The van der Waals surface area contributed by atoms with Crippen molar-refractivity contribution in [3.8, 4) is 0 Å². The molecule has 0 amide bonds. The van der Waals surface area contributed by atoms with E-state index < -0.39 is 0 Å². The summed E-state index contributed by atoms with van der Waals surface area (Å²) < 4.78 is 12.8. The van der Waals surface area contributed by atoms with E-state index in [1.807, 2.05) is 38.1 Å². The van der Waals surface area contributed by atoms with Crippen LogP contribution in [-0.2, 0) is 0 Å². The highest BCUT2D eigenvalue weighted by molar-refractivity contribution is 6.31. The summed E-state index contributed by atoms with van der Waals surface area (Å²) in [5, 5.41) is 4.14. The average molecular weight is 279 g/mol. The molecule has 2 rings (SSSR count). The predicted octanol–water partition coefficient (Wildman–Crippen LogP) is 4.29. The third kappa shape index (κ3) is 3.52. The van der Waals surface area contributed by atoms with Gasteiger partial charge in [0.15, 0.2) is 0 Å². The van der Waals surface area contributed by atoms with Crippen molar-refractivity contribution in [1.29, 1.82) is 0 Å². The summed E-state index contributed by atoms with van der Waals surface area (Å²) in [6, 6.07) is 10.9. The highest BCUT2D eigenvalue weighted by atomic mass is 35.5. The number of aromatic nitrogens is 1. The maximum Gasteiger partial charge on any atom is 0.141 e. The van der Waals surface area contributed by atoms with Crippen molar-refractivity contribution in [2.75, 3.05) is 0 Å². The number of benzene rings is 1. The molecule has 0 radical (unpaired) electrons. The zero-order valence-electron chi connectivity index (χ0n) is 10.9. The SMILES string of the molecule is CC(NC(C)c1ccccc1Cl)c1ccc(F)cn1. The van der Waals surface area contributed by atoms with Crippen LogP contribution >= 0.6 is 11.6 Å². The highest BCUT2D eigenvalue weighted by Gasteiger charge is 2.14. The van der Waals surface area contributed by atoms with E-state index in [0.29, 0.717) is 0 Å². The van der Waals surface area contributed by atoms with Gasteiger partial charge in [0.1, 0.15) is 5.82 Å². The van der Waals surface area contributed by atoms with Crippen LogP contribution in [0.25, 0.3) is 0 Å². The second kappa shape index (κ2) is 6.13. The summed E-state index contributed by atoms with van der Waals surface area (Å²) in [6.07, 6.45) is 1.23. The zero-order valence-corrected chi connectivity index (χ0v) is 11.7. The summed E-state index contributed by atoms with van der Waals surface area (Å²) in [7, 11) is 0. The number of rotatable bonds is 4. The van der Waals surface area contributed by atoms with Gasteiger partial charge in [0.2, 0.25) is 0 Å². The molecule has 2 unspecified atom stereocenters. The van der Waals surface area contributed by atoms with Gasteiger partial charge in [-0.05, 0) is 37.6 Å². The van der Waals surface area contributed by atoms with Gasteiger partial charge in [0.05, 0.1) is 11.9 Å². The Morgan fingerprint density at radius 2 is 1.84 bits per heavy atom. The van der Waals surface area contributed by atoms with Crippen molar-refractivity contribution in [2.45, 2.75) is 25.9 Å². The quantitative estimate of drug-likeness (QED) is 0.903. The summed E-state index contributed by atoms with van der Waals surface area (Å²) in [5.41, 5.74) is 1.85. The summed E-state index contributed by atoms with van der Waals surface area (Å²) in [4.78, 5) is 4.08. The molecule has 0 spiro atoms. The summed E-state index contributed by atoms with van der Waals surface area (Å²) in [5.74, 6) is -0.324. The molecule has 0 bridgehead atoms. The number of pyridine rings is 1. The standard InChI is InChI=1S/C15H16ClFN2/c1-10(13-5-3-4-6-14(13)16)19-11(2)15-8-7-12(17)9-18-15/h3-11,19H,1-2H3. The maximum absolute atomic E-state index is 12.8. The third-order valence-electron chi connectivity index (χ3n) is 3.07. The third-order valence-corrected chi connectivity index (χ3v) is 3.41. The molecule has 2 nitrogen and oxygen atoms in total. The van der Waals surface area contributed by atoms with Gasteiger partial charge in [-0.25, -0.2) is 4.39 Å². The van der Waals surface area contributed by atoms with Crippen LogP contribution in [0.5, 0.6) is 0 Å². The van der Waals surface area contributed by atoms with Crippen molar-refractivity contribution in [2.24, 2.45) is 0 Å². The van der Waals surface area contributed by atoms with Gasteiger partial charge in [-0.2, -0.15) is 0 Å². The van der Waals surface area contributed by atoms with Crippen LogP contribution in [0.1, 0.15) is 37.2 Å². The lowest BCUT2D eigenvalue weighted by Gasteiger charge is -2.20. The van der Waals surface area contributed by atoms with Crippen LogP contribution in [0.3, 0.4) is 0 Å². The molecule has 1 heterocycles. The van der Waals surface area contributed by atoms with E-state index in [1.165, 1.54) is 12.3 Å². The lowest BCUT2D eigenvalue weighted by atomic mass is 10.1. The van der Waals surface area contributed by atoms with Crippen LogP contribution < -0.4 is 5.32 Å². The average Bonchev–Trinajstić information content (AvgIpc) is 2.39. The molecule has 100 valence electrons. The van der Waals surface area contributed by atoms with Crippen molar-refractivity contribution in [3.05, 3.63) is 64.7 Å². The highest BCUT2D eigenvalue weighted by Crippen LogP contribution is 2.24. The number of hydrogen-bond acceptors (Lipinski definition) is 2. The topological polar surface area (TPSA) is 24.9 Å². The molecule has 2 aromatic rings. The molecule has 1 N–H and O–H groups in total. The number of halogens is 2. The van der Waals surface area contributed by atoms with Crippen LogP contribution in [-0.4, -0.2) is 4.98 Å². The van der Waals surface area contributed by atoms with Crippen LogP contribution in [0.4, 0.5) is 4.39 Å². The van der Waals surface area contributed by atoms with Crippen LogP contribution in [0.2, 0.25) is 5.02 Å². The fourth-order valence-corrected chi connectivity index (χ4v) is 2.32. The Morgan fingerprint density at radius 1 is 1.11 bits per heavy atom. The van der Waals surface area contributed by atoms with E-state index in [-0.39, 0.29) is 17.9 Å². The Labute approximate surface area is 117 Å². The first-order chi connectivity index (χ1) is 9.08. The minimum atomic E-state index is -0.324. The molecule has 1 aromatic heterocycles. The van der Waals surface area contributed by atoms with Crippen molar-refractivity contribution < 1.29 is 4.39 Å². The van der Waals surface area contributed by atoms with E-state index in [2.05, 4.69) is 10.3 Å². The number of nitrogens with zero attached hydrogens (tertiary/aromatic N) is 1. The van der Waals surface area contributed by atoms with Crippen molar-refractivity contribution in [1.82, 2.24) is 10.3 Å². The van der Waals surface area contributed by atoms with Crippen LogP contribution in [0.15, 0.2) is 42.6 Å². The fraction of sp³-hybridized carbons (Fsp3) is 0.267. The monoisotopic (exact) mass is 278 g/mol. The molecular weight excluding hydrogens is 263 g/mol. The first kappa shape index (κ1) is 14.0. The molecule has 0 fully saturated rings. The zero-order chi connectivity index (χ0) is 13.8. The van der Waals surface area contributed by atoms with E-state index >= 15 is 0 Å². The molecule has 0 aliphatic carbocycles. The van der Waals surface area contributed by atoms with Gasteiger partial charge < -0.3 is 5.32 Å². The molecule has 0 aliphatic rings. The maximum atomic E-state index is 12.8. The van der Waals surface area contributed by atoms with E-state index in [1.54, 1.807) is 6.07 Å². The molecular formula is C15H16ClFN2. The predicted molar refractivity (Wildman–Crippen MR) is 75.6 cm³/mol. The summed E-state index contributed by atoms with van der Waals surface area (Å²) in [6.45, 7) is 4.04. The van der Waals surface area contributed by atoms with E-state index in [9.17, 15) is 4.39 Å². The van der Waals surface area contributed by atoms with Crippen molar-refractivity contribution in [3.63, 3.8) is 0 Å². The second-order valence-electron chi connectivity index (χ2n) is 4.53. The minimum absolute atomic E-state index is 0.0203. The fourth-order valence-electron chi connectivity index (χ4n) is 2.02. The Morgan fingerprint density at radius 3 is 2.47 bits per heavy atom. The normalized spacial score (nSPS) is 14.1. The molecule has 0 aliphatic heterocycles. The second-order valence-corrected chi connectivity index (χ2v) is 4.94. The van der Waals surface area contributed by atoms with Gasteiger partial charge in [-0.1, -0.05) is 29.8 Å². The smallest absolute Gasteiger partial charge is 0.141 e. The number of nitrogens with one attached hydrogen (secondary N) is 1. The molecule has 2 atom stereocenters. The Balaban J connectivity index is 2.08. The van der Waals surface area contributed by atoms with Gasteiger partial charge in [-0.15, -0.1) is 0 Å². The summed E-state index contributed by atoms with van der Waals surface area (Å²) >= 11 is 6.16. The Hall–Kier alpha value is -1.45. The minimum Gasteiger partial charge on any atom is -0.302 e. The lowest BCUT2D eigenvalue weighted by Crippen LogP contribution is -2.23. The largest absolute Gasteiger partial charge is 0.302 e. The molecule has 4 heteroatoms. The molecule has 0 saturated heterocycles. The van der Waals surface area contributed by atoms with Crippen molar-refractivity contribution >= 4 is 11.6 Å². The molecule has 0 saturated carbocycles. The first-order valence-corrected chi connectivity index (χ1v) is 6.57. The first-order valence-electron chi connectivity index (χ1n) is 6.20. The van der Waals surface area contributed by atoms with E-state index in [0.717, 1.165) is 16.3 Å². The lowest BCUT2D eigenvalue weighted by molar-refractivity contribution is 0.484. The van der Waals surface area contributed by atoms with Gasteiger partial charge in [0, 0.05) is 17.1 Å². The van der Waals surface area contributed by atoms with Gasteiger partial charge >= 0.3 is 0 Å².